The van der Waals surface area contributed by atoms with Crippen LogP contribution in [0.15, 0.2) is 30.6 Å². The fourth-order valence-corrected chi connectivity index (χ4v) is 1.77. The monoisotopic (exact) mass is 275 g/mol. The highest BCUT2D eigenvalue weighted by atomic mass is 16.5. The van der Waals surface area contributed by atoms with E-state index in [1.54, 1.807) is 35.3 Å². The molecule has 7 heteroatoms. The number of nitrogens with zero attached hydrogens (tertiary/aromatic N) is 3. The van der Waals surface area contributed by atoms with Crippen LogP contribution in [-0.4, -0.2) is 34.6 Å². The number of rotatable bonds is 6. The number of amides is 1. The van der Waals surface area contributed by atoms with Gasteiger partial charge >= 0.3 is 0 Å². The van der Waals surface area contributed by atoms with Crippen LogP contribution in [-0.2, 0) is 6.54 Å². The Morgan fingerprint density at radius 2 is 2.30 bits per heavy atom. The van der Waals surface area contributed by atoms with Gasteiger partial charge in [-0.3, -0.25) is 9.48 Å². The second kappa shape index (κ2) is 6.55. The average molecular weight is 275 g/mol. The van der Waals surface area contributed by atoms with E-state index >= 15 is 0 Å². The van der Waals surface area contributed by atoms with Crippen molar-refractivity contribution in [3.63, 3.8) is 0 Å². The van der Waals surface area contributed by atoms with Gasteiger partial charge in [0.25, 0.3) is 5.91 Å². The van der Waals surface area contributed by atoms with Crippen molar-refractivity contribution in [3.8, 4) is 5.75 Å². The van der Waals surface area contributed by atoms with Gasteiger partial charge < -0.3 is 15.8 Å². The Kier molecular flexibility index (Phi) is 4.54. The number of aromatic nitrogens is 3. The van der Waals surface area contributed by atoms with Crippen molar-refractivity contribution in [1.82, 2.24) is 20.3 Å². The number of nitrogen functional groups attached to an aromatic ring is 1. The maximum atomic E-state index is 12.0. The van der Waals surface area contributed by atoms with Gasteiger partial charge in [0.2, 0.25) is 0 Å². The van der Waals surface area contributed by atoms with E-state index < -0.39 is 0 Å². The van der Waals surface area contributed by atoms with Crippen molar-refractivity contribution in [3.05, 3.63) is 36.2 Å². The summed E-state index contributed by atoms with van der Waals surface area (Å²) in [5.41, 5.74) is 6.70. The number of hydrogen-bond donors (Lipinski definition) is 2. The molecule has 0 bridgehead atoms. The summed E-state index contributed by atoms with van der Waals surface area (Å²) in [6, 6.07) is 4.94. The molecule has 0 saturated heterocycles. The standard InChI is InChI=1S/C13H17N5O2/c1-20-12-8-10(7-11(14)9-12)13(19)15-3-2-5-18-6-4-16-17-18/h4,6-9H,2-3,5,14H2,1H3,(H,15,19). The van der Waals surface area contributed by atoms with Gasteiger partial charge in [-0.25, -0.2) is 0 Å². The van der Waals surface area contributed by atoms with E-state index in [1.165, 1.54) is 7.11 Å². The Labute approximate surface area is 116 Å². The van der Waals surface area contributed by atoms with Crippen LogP contribution >= 0.6 is 0 Å². The molecule has 1 aromatic heterocycles. The molecule has 0 aliphatic carbocycles. The van der Waals surface area contributed by atoms with Crippen LogP contribution in [0.4, 0.5) is 5.69 Å². The number of nitrogens with two attached hydrogens (primary N) is 1. The maximum absolute atomic E-state index is 12.0. The SMILES string of the molecule is COc1cc(N)cc(C(=O)NCCCn2ccnn2)c1. The lowest BCUT2D eigenvalue weighted by Gasteiger charge is -2.08. The van der Waals surface area contributed by atoms with E-state index in [1.807, 2.05) is 0 Å². The minimum absolute atomic E-state index is 0.172. The zero-order valence-corrected chi connectivity index (χ0v) is 11.2. The van der Waals surface area contributed by atoms with E-state index in [4.69, 9.17) is 10.5 Å². The molecular weight excluding hydrogens is 258 g/mol. The molecule has 0 fully saturated rings. The van der Waals surface area contributed by atoms with E-state index in [0.29, 0.717) is 30.1 Å². The third-order valence-electron chi connectivity index (χ3n) is 2.75. The summed E-state index contributed by atoms with van der Waals surface area (Å²) in [7, 11) is 1.54. The molecular formula is C13H17N5O2. The Morgan fingerprint density at radius 3 is 3.00 bits per heavy atom. The molecule has 0 spiro atoms. The number of aryl methyl sites for hydroxylation is 1. The van der Waals surface area contributed by atoms with Crippen molar-refractivity contribution < 1.29 is 9.53 Å². The van der Waals surface area contributed by atoms with Gasteiger partial charge in [-0.2, -0.15) is 0 Å². The van der Waals surface area contributed by atoms with Crippen LogP contribution in [0.2, 0.25) is 0 Å². The fraction of sp³-hybridized carbons (Fsp3) is 0.308. The van der Waals surface area contributed by atoms with Crippen molar-refractivity contribution in [2.24, 2.45) is 0 Å². The molecule has 2 rings (SSSR count). The lowest BCUT2D eigenvalue weighted by atomic mass is 10.1. The van der Waals surface area contributed by atoms with Gasteiger partial charge in [0.05, 0.1) is 13.3 Å². The summed E-state index contributed by atoms with van der Waals surface area (Å²) < 4.78 is 6.80. The average Bonchev–Trinajstić information content (AvgIpc) is 2.95. The topological polar surface area (TPSA) is 95.1 Å². The number of methoxy groups -OCH3 is 1. The van der Waals surface area contributed by atoms with Crippen LogP contribution in [0.5, 0.6) is 5.75 Å². The molecule has 1 aromatic carbocycles. The van der Waals surface area contributed by atoms with Crippen molar-refractivity contribution in [1.29, 1.82) is 0 Å². The largest absolute Gasteiger partial charge is 0.497 e. The molecule has 0 saturated carbocycles. The van der Waals surface area contributed by atoms with Gasteiger partial charge in [0, 0.05) is 36.6 Å². The molecule has 1 heterocycles. The zero-order chi connectivity index (χ0) is 14.4. The number of anilines is 1. The number of benzene rings is 1. The molecule has 7 nitrogen and oxygen atoms in total. The van der Waals surface area contributed by atoms with Gasteiger partial charge in [-0.05, 0) is 18.6 Å². The Morgan fingerprint density at radius 1 is 1.45 bits per heavy atom. The first-order valence-corrected chi connectivity index (χ1v) is 6.26. The molecule has 1 amide bonds. The first-order valence-electron chi connectivity index (χ1n) is 6.26. The highest BCUT2D eigenvalue weighted by molar-refractivity contribution is 5.95. The minimum Gasteiger partial charge on any atom is -0.497 e. The highest BCUT2D eigenvalue weighted by Crippen LogP contribution is 2.18. The predicted molar refractivity (Wildman–Crippen MR) is 74.4 cm³/mol. The minimum atomic E-state index is -0.172. The normalized spacial score (nSPS) is 10.2. The molecule has 20 heavy (non-hydrogen) atoms. The van der Waals surface area contributed by atoms with Crippen LogP contribution in [0.25, 0.3) is 0 Å². The third-order valence-corrected chi connectivity index (χ3v) is 2.75. The zero-order valence-electron chi connectivity index (χ0n) is 11.2. The quantitative estimate of drug-likeness (QED) is 0.597. The molecule has 106 valence electrons. The number of nitrogens with one attached hydrogen (secondary N) is 1. The number of carbonyl (C=O) groups excluding carboxylic acids is 1. The maximum Gasteiger partial charge on any atom is 0.251 e. The van der Waals surface area contributed by atoms with Gasteiger partial charge in [0.15, 0.2) is 0 Å². The smallest absolute Gasteiger partial charge is 0.251 e. The van der Waals surface area contributed by atoms with Crippen molar-refractivity contribution in [2.75, 3.05) is 19.4 Å². The summed E-state index contributed by atoms with van der Waals surface area (Å²) in [5.74, 6) is 0.395. The van der Waals surface area contributed by atoms with Crippen LogP contribution in [0, 0.1) is 0 Å². The number of ether oxygens (including phenoxy) is 1. The van der Waals surface area contributed by atoms with E-state index in [0.717, 1.165) is 6.42 Å². The van der Waals surface area contributed by atoms with Gasteiger partial charge in [-0.15, -0.1) is 5.10 Å². The lowest BCUT2D eigenvalue weighted by Crippen LogP contribution is -2.25. The first-order chi connectivity index (χ1) is 9.69. The Bertz CT molecular complexity index is 568. The number of carbonyl (C=O) groups is 1. The third kappa shape index (κ3) is 3.71. The molecule has 0 atom stereocenters. The van der Waals surface area contributed by atoms with Crippen LogP contribution in [0.3, 0.4) is 0 Å². The molecule has 0 unspecified atom stereocenters. The van der Waals surface area contributed by atoms with E-state index in [2.05, 4.69) is 15.6 Å². The number of hydrogen-bond acceptors (Lipinski definition) is 5. The van der Waals surface area contributed by atoms with Crippen LogP contribution < -0.4 is 15.8 Å². The molecule has 3 N–H and O–H groups in total. The van der Waals surface area contributed by atoms with E-state index in [9.17, 15) is 4.79 Å². The second-order valence-electron chi connectivity index (χ2n) is 4.27. The van der Waals surface area contributed by atoms with Gasteiger partial charge in [-0.1, -0.05) is 5.21 Å². The van der Waals surface area contributed by atoms with E-state index in [-0.39, 0.29) is 5.91 Å². The second-order valence-corrected chi connectivity index (χ2v) is 4.27. The first kappa shape index (κ1) is 13.9. The molecule has 0 radical (unpaired) electrons. The van der Waals surface area contributed by atoms with Gasteiger partial charge in [0.1, 0.15) is 5.75 Å². The molecule has 0 aliphatic heterocycles. The molecule has 0 aliphatic rings. The molecule has 2 aromatic rings. The summed E-state index contributed by atoms with van der Waals surface area (Å²) in [6.45, 7) is 1.26. The highest BCUT2D eigenvalue weighted by Gasteiger charge is 2.07. The summed E-state index contributed by atoms with van der Waals surface area (Å²) in [4.78, 5) is 12.0. The summed E-state index contributed by atoms with van der Waals surface area (Å²) >= 11 is 0. The summed E-state index contributed by atoms with van der Waals surface area (Å²) in [5, 5.41) is 10.4. The Balaban J connectivity index is 1.83. The summed E-state index contributed by atoms with van der Waals surface area (Å²) in [6.07, 6.45) is 4.18. The van der Waals surface area contributed by atoms with Crippen LogP contribution in [0.1, 0.15) is 16.8 Å². The fourth-order valence-electron chi connectivity index (χ4n) is 1.77. The Hall–Kier alpha value is -2.57. The lowest BCUT2D eigenvalue weighted by molar-refractivity contribution is 0.0952. The predicted octanol–water partition coefficient (Wildman–Crippen LogP) is 0.689. The van der Waals surface area contributed by atoms with Crippen molar-refractivity contribution in [2.45, 2.75) is 13.0 Å². The van der Waals surface area contributed by atoms with Crippen molar-refractivity contribution >= 4 is 11.6 Å².